The molecule has 0 radical (unpaired) electrons. The highest BCUT2D eigenvalue weighted by Crippen LogP contribution is 2.49. The minimum absolute atomic E-state index is 0.213. The first-order valence-corrected chi connectivity index (χ1v) is 5.31. The van der Waals surface area contributed by atoms with Gasteiger partial charge >= 0.3 is 5.97 Å². The molecule has 1 heterocycles. The van der Waals surface area contributed by atoms with E-state index < -0.39 is 0 Å². The van der Waals surface area contributed by atoms with Crippen molar-refractivity contribution in [2.24, 2.45) is 11.8 Å². The van der Waals surface area contributed by atoms with Gasteiger partial charge in [-0.05, 0) is 18.8 Å². The zero-order valence-electron chi connectivity index (χ0n) is 9.66. The fraction of sp³-hybridized carbons (Fsp3) is 0.909. The maximum atomic E-state index is 11.5. The van der Waals surface area contributed by atoms with Crippen LogP contribution in [0.15, 0.2) is 0 Å². The molecular formula is C11H20O3. The Morgan fingerprint density at radius 1 is 1.36 bits per heavy atom. The normalized spacial score (nSPS) is 24.1. The molecule has 14 heavy (non-hydrogen) atoms. The van der Waals surface area contributed by atoms with Gasteiger partial charge < -0.3 is 9.47 Å². The smallest absolute Gasteiger partial charge is 0.338 e. The van der Waals surface area contributed by atoms with Crippen LogP contribution < -0.4 is 0 Å². The van der Waals surface area contributed by atoms with E-state index in [2.05, 4.69) is 27.7 Å². The van der Waals surface area contributed by atoms with Crippen molar-refractivity contribution in [3.63, 3.8) is 0 Å². The number of ether oxygens (including phenoxy) is 2. The Morgan fingerprint density at radius 3 is 2.14 bits per heavy atom. The molecule has 0 bridgehead atoms. The Kier molecular flexibility index (Phi) is 3.20. The highest BCUT2D eigenvalue weighted by atomic mass is 16.7. The summed E-state index contributed by atoms with van der Waals surface area (Å²) in [6.45, 7) is 10.6. The fourth-order valence-electron chi connectivity index (χ4n) is 2.16. The average Bonchev–Trinajstić information content (AvgIpc) is 2.79. The summed E-state index contributed by atoms with van der Waals surface area (Å²) in [7, 11) is 0. The van der Waals surface area contributed by atoms with E-state index in [4.69, 9.17) is 9.47 Å². The van der Waals surface area contributed by atoms with Crippen molar-refractivity contribution >= 4 is 5.97 Å². The average molecular weight is 200 g/mol. The molecule has 0 aromatic heterocycles. The molecule has 1 rings (SSSR count). The van der Waals surface area contributed by atoms with Gasteiger partial charge in [-0.3, -0.25) is 0 Å². The van der Waals surface area contributed by atoms with Gasteiger partial charge in [0.1, 0.15) is 5.60 Å². The standard InChI is InChI=1S/C11H20O3/c1-6-13-10(12)9-11(14-9,7(2)3)8(4)5/h7-9H,6H2,1-5H3. The van der Waals surface area contributed by atoms with E-state index in [-0.39, 0.29) is 17.7 Å². The molecule has 0 amide bonds. The van der Waals surface area contributed by atoms with Gasteiger partial charge in [0, 0.05) is 0 Å². The van der Waals surface area contributed by atoms with Gasteiger partial charge in [0.05, 0.1) is 6.61 Å². The number of carbonyl (C=O) groups is 1. The van der Waals surface area contributed by atoms with Crippen LogP contribution in [0.2, 0.25) is 0 Å². The third kappa shape index (κ3) is 1.65. The zero-order valence-corrected chi connectivity index (χ0v) is 9.66. The summed E-state index contributed by atoms with van der Waals surface area (Å²) in [6.07, 6.45) is -0.345. The molecule has 82 valence electrons. The summed E-state index contributed by atoms with van der Waals surface area (Å²) in [5, 5.41) is 0. The van der Waals surface area contributed by atoms with E-state index in [1.807, 2.05) is 6.92 Å². The third-order valence-corrected chi connectivity index (χ3v) is 2.98. The molecule has 1 aliphatic heterocycles. The van der Waals surface area contributed by atoms with Crippen molar-refractivity contribution in [1.82, 2.24) is 0 Å². The SMILES string of the molecule is CCOC(=O)C1OC1(C(C)C)C(C)C. The van der Waals surface area contributed by atoms with Crippen LogP contribution in [0.1, 0.15) is 34.6 Å². The number of hydrogen-bond acceptors (Lipinski definition) is 3. The van der Waals surface area contributed by atoms with Crippen LogP contribution in [0, 0.1) is 11.8 Å². The highest BCUT2D eigenvalue weighted by molar-refractivity contribution is 5.79. The lowest BCUT2D eigenvalue weighted by Crippen LogP contribution is -2.33. The first-order valence-electron chi connectivity index (χ1n) is 5.31. The molecule has 1 fully saturated rings. The second-order valence-electron chi connectivity index (χ2n) is 4.41. The van der Waals surface area contributed by atoms with Crippen molar-refractivity contribution < 1.29 is 14.3 Å². The van der Waals surface area contributed by atoms with Crippen LogP contribution in [-0.4, -0.2) is 24.3 Å². The van der Waals surface area contributed by atoms with Crippen LogP contribution in [-0.2, 0) is 14.3 Å². The molecule has 1 unspecified atom stereocenters. The number of esters is 1. The molecule has 0 N–H and O–H groups in total. The van der Waals surface area contributed by atoms with Crippen LogP contribution >= 0.6 is 0 Å². The molecule has 0 aromatic rings. The van der Waals surface area contributed by atoms with Gasteiger partial charge in [-0.2, -0.15) is 0 Å². The van der Waals surface area contributed by atoms with Crippen molar-refractivity contribution in [3.05, 3.63) is 0 Å². The maximum absolute atomic E-state index is 11.5. The summed E-state index contributed by atoms with van der Waals surface area (Å²) in [6, 6.07) is 0. The van der Waals surface area contributed by atoms with E-state index in [1.54, 1.807) is 0 Å². The van der Waals surface area contributed by atoms with E-state index in [0.717, 1.165) is 0 Å². The van der Waals surface area contributed by atoms with Gasteiger partial charge in [-0.15, -0.1) is 0 Å². The Hall–Kier alpha value is -0.570. The van der Waals surface area contributed by atoms with Gasteiger partial charge in [-0.25, -0.2) is 4.79 Å². The first-order chi connectivity index (χ1) is 6.46. The second-order valence-corrected chi connectivity index (χ2v) is 4.41. The molecule has 1 aliphatic rings. The van der Waals surface area contributed by atoms with Crippen molar-refractivity contribution in [3.8, 4) is 0 Å². The summed E-state index contributed by atoms with van der Waals surface area (Å²) >= 11 is 0. The predicted molar refractivity (Wildman–Crippen MR) is 53.9 cm³/mol. The molecule has 0 aliphatic carbocycles. The lowest BCUT2D eigenvalue weighted by molar-refractivity contribution is -0.144. The molecule has 1 saturated heterocycles. The van der Waals surface area contributed by atoms with E-state index in [1.165, 1.54) is 0 Å². The molecule has 0 spiro atoms. The molecule has 3 nitrogen and oxygen atoms in total. The topological polar surface area (TPSA) is 38.8 Å². The summed E-state index contributed by atoms with van der Waals surface area (Å²) in [5.41, 5.74) is -0.285. The van der Waals surface area contributed by atoms with Crippen LogP contribution in [0.25, 0.3) is 0 Å². The Bertz CT molecular complexity index is 213. The molecular weight excluding hydrogens is 180 g/mol. The minimum Gasteiger partial charge on any atom is -0.464 e. The lowest BCUT2D eigenvalue weighted by atomic mass is 9.82. The van der Waals surface area contributed by atoms with E-state index >= 15 is 0 Å². The van der Waals surface area contributed by atoms with E-state index in [0.29, 0.717) is 18.4 Å². The molecule has 0 saturated carbocycles. The van der Waals surface area contributed by atoms with Crippen molar-refractivity contribution in [2.45, 2.75) is 46.3 Å². The van der Waals surface area contributed by atoms with E-state index in [9.17, 15) is 4.79 Å². The minimum atomic E-state index is -0.345. The van der Waals surface area contributed by atoms with Gasteiger partial charge in [-0.1, -0.05) is 27.7 Å². The van der Waals surface area contributed by atoms with Crippen molar-refractivity contribution in [2.75, 3.05) is 6.61 Å². The summed E-state index contributed by atoms with van der Waals surface area (Å²) in [5.74, 6) is 0.476. The number of epoxide rings is 1. The van der Waals surface area contributed by atoms with Gasteiger partial charge in [0.15, 0.2) is 6.10 Å². The largest absolute Gasteiger partial charge is 0.464 e. The lowest BCUT2D eigenvalue weighted by Gasteiger charge is -2.20. The Morgan fingerprint density at radius 2 is 1.86 bits per heavy atom. The third-order valence-electron chi connectivity index (χ3n) is 2.98. The maximum Gasteiger partial charge on any atom is 0.338 e. The Labute approximate surface area is 85.8 Å². The van der Waals surface area contributed by atoms with Crippen LogP contribution in [0.3, 0.4) is 0 Å². The van der Waals surface area contributed by atoms with Crippen LogP contribution in [0.4, 0.5) is 0 Å². The monoisotopic (exact) mass is 200 g/mol. The summed E-state index contributed by atoms with van der Waals surface area (Å²) < 4.78 is 10.5. The second kappa shape index (κ2) is 3.89. The first kappa shape index (κ1) is 11.5. The zero-order chi connectivity index (χ0) is 10.9. The number of rotatable bonds is 4. The van der Waals surface area contributed by atoms with Gasteiger partial charge in [0.25, 0.3) is 0 Å². The molecule has 0 aromatic carbocycles. The van der Waals surface area contributed by atoms with Crippen molar-refractivity contribution in [1.29, 1.82) is 0 Å². The van der Waals surface area contributed by atoms with Gasteiger partial charge in [0.2, 0.25) is 0 Å². The highest BCUT2D eigenvalue weighted by Gasteiger charge is 2.64. The number of hydrogen-bond donors (Lipinski definition) is 0. The predicted octanol–water partition coefficient (Wildman–Crippen LogP) is 2.00. The van der Waals surface area contributed by atoms with Crippen LogP contribution in [0.5, 0.6) is 0 Å². The summed E-state index contributed by atoms with van der Waals surface area (Å²) in [4.78, 5) is 11.5. The molecule has 3 heteroatoms. The molecule has 1 atom stereocenters. The quantitative estimate of drug-likeness (QED) is 0.514. The number of carbonyl (C=O) groups excluding carboxylic acids is 1. The Balaban J connectivity index is 2.66. The fourth-order valence-corrected chi connectivity index (χ4v) is 2.16.